The summed E-state index contributed by atoms with van der Waals surface area (Å²) in [5.74, 6) is 0.0625. The first-order chi connectivity index (χ1) is 12.6. The van der Waals surface area contributed by atoms with Crippen LogP contribution in [-0.2, 0) is 21.2 Å². The summed E-state index contributed by atoms with van der Waals surface area (Å²) in [6, 6.07) is 7.74. The Morgan fingerprint density at radius 3 is 2.44 bits per heavy atom. The van der Waals surface area contributed by atoms with E-state index in [1.165, 1.54) is 5.56 Å². The van der Waals surface area contributed by atoms with E-state index in [9.17, 15) is 13.2 Å². The molecule has 1 saturated carbocycles. The summed E-state index contributed by atoms with van der Waals surface area (Å²) in [5, 5.41) is 3.02. The van der Waals surface area contributed by atoms with E-state index < -0.39 is 14.8 Å². The zero-order chi connectivity index (χ0) is 20.1. The molecule has 0 unspecified atom stereocenters. The van der Waals surface area contributed by atoms with E-state index in [1.54, 1.807) is 20.8 Å². The zero-order valence-corrected chi connectivity index (χ0v) is 17.4. The molecule has 0 heterocycles. The number of benzene rings is 1. The number of nitrogen functional groups attached to an aromatic ring is 1. The van der Waals surface area contributed by atoms with Crippen molar-refractivity contribution in [1.29, 1.82) is 0 Å². The van der Waals surface area contributed by atoms with Gasteiger partial charge in [-0.3, -0.25) is 4.79 Å². The Morgan fingerprint density at radius 1 is 1.19 bits per heavy atom. The van der Waals surface area contributed by atoms with E-state index in [2.05, 4.69) is 10.0 Å². The molecule has 1 amide bonds. The lowest BCUT2D eigenvalue weighted by atomic mass is 9.86. The fourth-order valence-electron chi connectivity index (χ4n) is 3.27. The summed E-state index contributed by atoms with van der Waals surface area (Å²) in [6.07, 6.45) is 4.60. The lowest BCUT2D eigenvalue weighted by molar-refractivity contribution is -0.126. The van der Waals surface area contributed by atoms with Crippen LogP contribution >= 0.6 is 0 Å². The fraction of sp³-hybridized carbons (Fsp3) is 0.650. The number of nitrogens with two attached hydrogens (primary N) is 1. The molecule has 4 N–H and O–H groups in total. The summed E-state index contributed by atoms with van der Waals surface area (Å²) < 4.78 is 26.5. The number of hydrogen-bond donors (Lipinski definition) is 3. The molecule has 2 rings (SSSR count). The SMILES string of the molecule is CC(C)(C)S(=O)(=O)NC1CCC(C(=O)NCCCc2cccc(N)c2)CC1. The third-order valence-corrected chi connectivity index (χ3v) is 7.37. The fourth-order valence-corrected chi connectivity index (χ4v) is 4.29. The summed E-state index contributed by atoms with van der Waals surface area (Å²) in [4.78, 5) is 12.3. The topological polar surface area (TPSA) is 101 Å². The van der Waals surface area contributed by atoms with Crippen LogP contribution < -0.4 is 15.8 Å². The number of hydrogen-bond acceptors (Lipinski definition) is 4. The monoisotopic (exact) mass is 395 g/mol. The van der Waals surface area contributed by atoms with E-state index in [0.29, 0.717) is 19.4 Å². The average Bonchev–Trinajstić information content (AvgIpc) is 2.58. The van der Waals surface area contributed by atoms with Crippen LogP contribution in [-0.4, -0.2) is 31.7 Å². The second-order valence-electron chi connectivity index (χ2n) is 8.42. The number of anilines is 1. The first kappa shape index (κ1) is 21.7. The minimum absolute atomic E-state index is 0.0206. The van der Waals surface area contributed by atoms with Crippen LogP contribution in [0.4, 0.5) is 5.69 Å². The minimum atomic E-state index is -3.34. The normalized spacial score (nSPS) is 21.0. The minimum Gasteiger partial charge on any atom is -0.399 e. The number of amides is 1. The van der Waals surface area contributed by atoms with Crippen molar-refractivity contribution in [2.24, 2.45) is 5.92 Å². The van der Waals surface area contributed by atoms with Crippen LogP contribution in [0.5, 0.6) is 0 Å². The summed E-state index contributed by atoms with van der Waals surface area (Å²) in [5.41, 5.74) is 7.71. The van der Waals surface area contributed by atoms with E-state index >= 15 is 0 Å². The Bertz CT molecular complexity index is 733. The molecular formula is C20H33N3O3S. The molecule has 0 spiro atoms. The van der Waals surface area contributed by atoms with Gasteiger partial charge in [-0.2, -0.15) is 0 Å². The molecule has 0 radical (unpaired) electrons. The number of carbonyl (C=O) groups is 1. The lowest BCUT2D eigenvalue weighted by Gasteiger charge is -2.30. The van der Waals surface area contributed by atoms with Crippen LogP contribution in [0.25, 0.3) is 0 Å². The number of nitrogens with one attached hydrogen (secondary N) is 2. The molecule has 0 aliphatic heterocycles. The molecule has 0 bridgehead atoms. The van der Waals surface area contributed by atoms with Crippen LogP contribution in [0.2, 0.25) is 0 Å². The highest BCUT2D eigenvalue weighted by Gasteiger charge is 2.33. The van der Waals surface area contributed by atoms with Crippen LogP contribution in [0.3, 0.4) is 0 Å². The molecule has 0 saturated heterocycles. The van der Waals surface area contributed by atoms with Crippen molar-refractivity contribution in [1.82, 2.24) is 10.0 Å². The van der Waals surface area contributed by atoms with Gasteiger partial charge in [0.15, 0.2) is 0 Å². The highest BCUT2D eigenvalue weighted by Crippen LogP contribution is 2.26. The molecule has 1 aliphatic carbocycles. The molecule has 152 valence electrons. The quantitative estimate of drug-likeness (QED) is 0.488. The molecule has 1 fully saturated rings. The van der Waals surface area contributed by atoms with Gasteiger partial charge >= 0.3 is 0 Å². The Balaban J connectivity index is 1.69. The van der Waals surface area contributed by atoms with Crippen molar-refractivity contribution < 1.29 is 13.2 Å². The van der Waals surface area contributed by atoms with E-state index in [4.69, 9.17) is 5.73 Å². The maximum absolute atomic E-state index is 12.3. The number of rotatable bonds is 7. The molecule has 7 heteroatoms. The first-order valence-electron chi connectivity index (χ1n) is 9.72. The smallest absolute Gasteiger partial charge is 0.223 e. The lowest BCUT2D eigenvalue weighted by Crippen LogP contribution is -2.46. The van der Waals surface area contributed by atoms with Crippen molar-refractivity contribution >= 4 is 21.6 Å². The Labute approximate surface area is 163 Å². The Kier molecular flexibility index (Phi) is 7.28. The molecule has 1 aromatic rings. The highest BCUT2D eigenvalue weighted by atomic mass is 32.2. The maximum atomic E-state index is 12.3. The van der Waals surface area contributed by atoms with Gasteiger partial charge in [0.2, 0.25) is 15.9 Å². The molecule has 1 aromatic carbocycles. The number of sulfonamides is 1. The van der Waals surface area contributed by atoms with Crippen molar-refractivity contribution in [3.63, 3.8) is 0 Å². The van der Waals surface area contributed by atoms with Crippen LogP contribution in [0.1, 0.15) is 58.4 Å². The summed E-state index contributed by atoms with van der Waals surface area (Å²) in [7, 11) is -3.34. The predicted octanol–water partition coefficient (Wildman–Crippen LogP) is 2.59. The van der Waals surface area contributed by atoms with E-state index in [-0.39, 0.29) is 17.9 Å². The highest BCUT2D eigenvalue weighted by molar-refractivity contribution is 7.90. The Morgan fingerprint density at radius 2 is 1.85 bits per heavy atom. The van der Waals surface area contributed by atoms with Gasteiger partial charge in [-0.15, -0.1) is 0 Å². The molecule has 1 aliphatic rings. The van der Waals surface area contributed by atoms with Gasteiger partial charge in [-0.25, -0.2) is 13.1 Å². The van der Waals surface area contributed by atoms with Gasteiger partial charge in [-0.05, 0) is 77.0 Å². The first-order valence-corrected chi connectivity index (χ1v) is 11.2. The maximum Gasteiger partial charge on any atom is 0.223 e. The molecular weight excluding hydrogens is 362 g/mol. The molecule has 0 aromatic heterocycles. The largest absolute Gasteiger partial charge is 0.399 e. The van der Waals surface area contributed by atoms with Crippen LogP contribution in [0, 0.1) is 5.92 Å². The number of aryl methyl sites for hydroxylation is 1. The van der Waals surface area contributed by atoms with Crippen LogP contribution in [0.15, 0.2) is 24.3 Å². The van der Waals surface area contributed by atoms with Gasteiger partial charge < -0.3 is 11.1 Å². The average molecular weight is 396 g/mol. The van der Waals surface area contributed by atoms with E-state index in [0.717, 1.165) is 31.4 Å². The van der Waals surface area contributed by atoms with E-state index in [1.807, 2.05) is 24.3 Å². The van der Waals surface area contributed by atoms with Gasteiger partial charge in [0.1, 0.15) is 0 Å². The zero-order valence-electron chi connectivity index (χ0n) is 16.6. The predicted molar refractivity (Wildman–Crippen MR) is 110 cm³/mol. The van der Waals surface area contributed by atoms with Crippen molar-refractivity contribution in [2.45, 2.75) is 70.1 Å². The van der Waals surface area contributed by atoms with Crippen molar-refractivity contribution in [3.8, 4) is 0 Å². The van der Waals surface area contributed by atoms with Gasteiger partial charge in [0.05, 0.1) is 4.75 Å². The third-order valence-electron chi connectivity index (χ3n) is 5.12. The molecule has 6 nitrogen and oxygen atoms in total. The van der Waals surface area contributed by atoms with Gasteiger partial charge in [0, 0.05) is 24.2 Å². The summed E-state index contributed by atoms with van der Waals surface area (Å²) >= 11 is 0. The molecule has 27 heavy (non-hydrogen) atoms. The summed E-state index contributed by atoms with van der Waals surface area (Å²) in [6.45, 7) is 5.72. The second kappa shape index (κ2) is 9.06. The second-order valence-corrected chi connectivity index (χ2v) is 10.9. The van der Waals surface area contributed by atoms with Gasteiger partial charge in [-0.1, -0.05) is 12.1 Å². The Hall–Kier alpha value is -1.60. The standard InChI is InChI=1S/C20H33N3O3S/c1-20(2,3)27(25,26)23-18-11-9-16(10-12-18)19(24)22-13-5-7-15-6-4-8-17(21)14-15/h4,6,8,14,16,18,23H,5,7,9-13,21H2,1-3H3,(H,22,24). The third kappa shape index (κ3) is 6.50. The molecule has 0 atom stereocenters. The van der Waals surface area contributed by atoms with Crippen molar-refractivity contribution in [3.05, 3.63) is 29.8 Å². The van der Waals surface area contributed by atoms with Crippen molar-refractivity contribution in [2.75, 3.05) is 12.3 Å². The van der Waals surface area contributed by atoms with Gasteiger partial charge in [0.25, 0.3) is 0 Å². The number of carbonyl (C=O) groups excluding carboxylic acids is 1.